The highest BCUT2D eigenvalue weighted by Crippen LogP contribution is 2.23. The van der Waals surface area contributed by atoms with E-state index < -0.39 is 6.03 Å². The van der Waals surface area contributed by atoms with Crippen molar-refractivity contribution in [2.75, 3.05) is 19.6 Å². The van der Waals surface area contributed by atoms with Gasteiger partial charge in [0.05, 0.1) is 6.54 Å². The number of urea groups is 1. The summed E-state index contributed by atoms with van der Waals surface area (Å²) in [6, 6.07) is 3.91. The number of nitrogens with zero attached hydrogens (tertiary/aromatic N) is 2. The van der Waals surface area contributed by atoms with Crippen molar-refractivity contribution in [3.63, 3.8) is 0 Å². The smallest absolute Gasteiger partial charge is 0.325 e. The molecule has 1 N–H and O–H groups in total. The van der Waals surface area contributed by atoms with Gasteiger partial charge < -0.3 is 10.2 Å². The molecule has 7 heteroatoms. The molecule has 4 amide bonds. The number of rotatable bonds is 5. The third-order valence-electron chi connectivity index (χ3n) is 4.48. The molecule has 3 rings (SSSR count). The second-order valence-corrected chi connectivity index (χ2v) is 7.03. The Morgan fingerprint density at radius 1 is 1.35 bits per heavy atom. The van der Waals surface area contributed by atoms with Gasteiger partial charge >= 0.3 is 6.03 Å². The van der Waals surface area contributed by atoms with Crippen LogP contribution in [0.25, 0.3) is 0 Å². The van der Waals surface area contributed by atoms with Gasteiger partial charge in [-0.25, -0.2) is 4.79 Å². The molecule has 0 radical (unpaired) electrons. The lowest BCUT2D eigenvalue weighted by molar-refractivity contribution is -0.139. The number of carbonyl (C=O) groups excluding carboxylic acids is 3. The molecule has 1 aromatic heterocycles. The number of imide groups is 1. The quantitative estimate of drug-likeness (QED) is 0.831. The predicted octanol–water partition coefficient (Wildman–Crippen LogP) is 1.61. The lowest BCUT2D eigenvalue weighted by Crippen LogP contribution is -2.49. The third-order valence-corrected chi connectivity index (χ3v) is 5.42. The summed E-state index contributed by atoms with van der Waals surface area (Å²) in [5, 5.41) is 4.52. The average molecular weight is 335 g/mol. The van der Waals surface area contributed by atoms with Gasteiger partial charge in [-0.1, -0.05) is 6.07 Å². The second-order valence-electron chi connectivity index (χ2n) is 5.99. The van der Waals surface area contributed by atoms with Gasteiger partial charge in [-0.3, -0.25) is 14.5 Å². The summed E-state index contributed by atoms with van der Waals surface area (Å²) < 4.78 is 0. The lowest BCUT2D eigenvalue weighted by Gasteiger charge is -2.36. The Hall–Kier alpha value is -1.89. The van der Waals surface area contributed by atoms with Crippen LogP contribution in [0.4, 0.5) is 4.79 Å². The van der Waals surface area contributed by atoms with Gasteiger partial charge in [0.1, 0.15) is 6.54 Å². The van der Waals surface area contributed by atoms with E-state index in [9.17, 15) is 14.4 Å². The molecule has 2 fully saturated rings. The molecule has 0 aromatic carbocycles. The molecule has 3 heterocycles. The van der Waals surface area contributed by atoms with Gasteiger partial charge in [0.2, 0.25) is 5.91 Å². The number of hydrogen-bond donors (Lipinski definition) is 1. The van der Waals surface area contributed by atoms with Crippen molar-refractivity contribution in [2.24, 2.45) is 0 Å². The molecule has 124 valence electrons. The fraction of sp³-hybridized carbons (Fsp3) is 0.562. The van der Waals surface area contributed by atoms with Crippen LogP contribution in [0.3, 0.4) is 0 Å². The number of nitrogens with one attached hydrogen (secondary N) is 1. The SMILES string of the molecule is O=C1CNC(=O)N1CC(=O)N1CCCC[C@@H]1CCc1cccs1. The first-order valence-corrected chi connectivity index (χ1v) is 8.93. The van der Waals surface area contributed by atoms with E-state index >= 15 is 0 Å². The molecular weight excluding hydrogens is 314 g/mol. The summed E-state index contributed by atoms with van der Waals surface area (Å²) in [5.74, 6) is -0.443. The molecule has 0 unspecified atom stereocenters. The number of likely N-dealkylation sites (tertiary alicyclic amines) is 1. The summed E-state index contributed by atoms with van der Waals surface area (Å²) in [6.45, 7) is 0.575. The Balaban J connectivity index is 1.59. The Morgan fingerprint density at radius 3 is 2.91 bits per heavy atom. The molecule has 2 saturated heterocycles. The summed E-state index contributed by atoms with van der Waals surface area (Å²) in [5.41, 5.74) is 0. The number of piperidine rings is 1. The minimum Gasteiger partial charge on any atom is -0.338 e. The molecule has 1 aromatic rings. The first kappa shape index (κ1) is 16.0. The Bertz CT molecular complexity index is 571. The summed E-state index contributed by atoms with van der Waals surface area (Å²) in [6.07, 6.45) is 5.02. The maximum absolute atomic E-state index is 12.6. The summed E-state index contributed by atoms with van der Waals surface area (Å²) in [7, 11) is 0. The van der Waals surface area contributed by atoms with Crippen molar-refractivity contribution in [3.05, 3.63) is 22.4 Å². The average Bonchev–Trinajstić information content (AvgIpc) is 3.18. The van der Waals surface area contributed by atoms with Gasteiger partial charge in [0.25, 0.3) is 5.91 Å². The first-order chi connectivity index (χ1) is 11.1. The van der Waals surface area contributed by atoms with Crippen LogP contribution in [-0.4, -0.2) is 53.3 Å². The maximum Gasteiger partial charge on any atom is 0.325 e. The largest absolute Gasteiger partial charge is 0.338 e. The summed E-state index contributed by atoms with van der Waals surface area (Å²) >= 11 is 1.74. The monoisotopic (exact) mass is 335 g/mol. The third kappa shape index (κ3) is 3.72. The van der Waals surface area contributed by atoms with Crippen LogP contribution in [0.1, 0.15) is 30.6 Å². The Labute approximate surface area is 139 Å². The highest BCUT2D eigenvalue weighted by Gasteiger charge is 2.34. The number of amides is 4. The van der Waals surface area contributed by atoms with Crippen LogP contribution in [0.2, 0.25) is 0 Å². The molecule has 0 spiro atoms. The van der Waals surface area contributed by atoms with Gasteiger partial charge in [0.15, 0.2) is 0 Å². The lowest BCUT2D eigenvalue weighted by atomic mass is 9.97. The zero-order chi connectivity index (χ0) is 16.2. The van der Waals surface area contributed by atoms with Crippen LogP contribution in [0.5, 0.6) is 0 Å². The molecule has 1 atom stereocenters. The van der Waals surface area contributed by atoms with Gasteiger partial charge in [-0.15, -0.1) is 11.3 Å². The molecular formula is C16H21N3O3S. The van der Waals surface area contributed by atoms with Crippen molar-refractivity contribution < 1.29 is 14.4 Å². The van der Waals surface area contributed by atoms with Crippen molar-refractivity contribution in [1.29, 1.82) is 0 Å². The minimum atomic E-state index is -0.463. The molecule has 2 aliphatic heterocycles. The van der Waals surface area contributed by atoms with E-state index in [2.05, 4.69) is 16.8 Å². The van der Waals surface area contributed by atoms with Crippen molar-refractivity contribution in [1.82, 2.24) is 15.1 Å². The van der Waals surface area contributed by atoms with Crippen LogP contribution in [0, 0.1) is 0 Å². The summed E-state index contributed by atoms with van der Waals surface area (Å²) in [4.78, 5) is 40.0. The maximum atomic E-state index is 12.6. The van der Waals surface area contributed by atoms with Gasteiger partial charge in [0, 0.05) is 17.5 Å². The molecule has 0 aliphatic carbocycles. The molecule has 23 heavy (non-hydrogen) atoms. The normalized spacial score (nSPS) is 21.7. The van der Waals surface area contributed by atoms with E-state index in [4.69, 9.17) is 0 Å². The Kier molecular flexibility index (Phi) is 4.95. The number of hydrogen-bond acceptors (Lipinski definition) is 4. The zero-order valence-electron chi connectivity index (χ0n) is 13.0. The highest BCUT2D eigenvalue weighted by molar-refractivity contribution is 7.09. The van der Waals surface area contributed by atoms with Crippen LogP contribution in [0.15, 0.2) is 17.5 Å². The second kappa shape index (κ2) is 7.12. The van der Waals surface area contributed by atoms with Crippen molar-refractivity contribution >= 4 is 29.2 Å². The zero-order valence-corrected chi connectivity index (χ0v) is 13.8. The van der Waals surface area contributed by atoms with E-state index in [1.807, 2.05) is 11.0 Å². The number of aryl methyl sites for hydroxylation is 1. The topological polar surface area (TPSA) is 69.7 Å². The standard InChI is InChI=1S/C16H21N3O3S/c20-14-10-17-16(22)19(14)11-15(21)18-8-2-1-4-12(18)6-7-13-5-3-9-23-13/h3,5,9,12H,1-2,4,6-8,10-11H2,(H,17,22)/t12-/m1/s1. The van der Waals surface area contributed by atoms with Crippen molar-refractivity contribution in [3.8, 4) is 0 Å². The highest BCUT2D eigenvalue weighted by atomic mass is 32.1. The van der Waals surface area contributed by atoms with Crippen LogP contribution < -0.4 is 5.32 Å². The van der Waals surface area contributed by atoms with E-state index in [0.29, 0.717) is 0 Å². The number of carbonyl (C=O) groups is 3. The van der Waals surface area contributed by atoms with E-state index in [0.717, 1.165) is 43.5 Å². The van der Waals surface area contributed by atoms with E-state index in [-0.39, 0.29) is 30.9 Å². The molecule has 2 aliphatic rings. The van der Waals surface area contributed by atoms with E-state index in [1.54, 1.807) is 11.3 Å². The van der Waals surface area contributed by atoms with Crippen LogP contribution in [-0.2, 0) is 16.0 Å². The minimum absolute atomic E-state index is 0.00603. The van der Waals surface area contributed by atoms with E-state index in [1.165, 1.54) is 4.88 Å². The van der Waals surface area contributed by atoms with Gasteiger partial charge in [-0.2, -0.15) is 0 Å². The van der Waals surface area contributed by atoms with Gasteiger partial charge in [-0.05, 0) is 43.6 Å². The molecule has 0 bridgehead atoms. The fourth-order valence-corrected chi connectivity index (χ4v) is 3.96. The van der Waals surface area contributed by atoms with Crippen LogP contribution >= 0.6 is 11.3 Å². The fourth-order valence-electron chi connectivity index (χ4n) is 3.23. The Morgan fingerprint density at radius 2 is 2.22 bits per heavy atom. The first-order valence-electron chi connectivity index (χ1n) is 8.05. The number of thiophene rings is 1. The predicted molar refractivity (Wildman–Crippen MR) is 87.1 cm³/mol. The molecule has 6 nitrogen and oxygen atoms in total. The molecule has 0 saturated carbocycles. The van der Waals surface area contributed by atoms with Crippen molar-refractivity contribution in [2.45, 2.75) is 38.1 Å².